The Morgan fingerprint density at radius 2 is 2.04 bits per heavy atom. The molecule has 2 atom stereocenters. The number of fused-ring (bicyclic) bond motifs is 5. The number of piperidine rings is 1. The Hall–Kier alpha value is -2.18. The molecule has 0 aliphatic carbocycles. The van der Waals surface area contributed by atoms with E-state index in [0.717, 1.165) is 62.5 Å². The molecule has 27 heavy (non-hydrogen) atoms. The second-order valence-corrected chi connectivity index (χ2v) is 8.57. The van der Waals surface area contributed by atoms with E-state index in [0.29, 0.717) is 24.1 Å². The number of aromatic nitrogens is 2. The average molecular weight is 371 g/mol. The summed E-state index contributed by atoms with van der Waals surface area (Å²) >= 11 is 0. The Kier molecular flexibility index (Phi) is 4.78. The van der Waals surface area contributed by atoms with Crippen molar-refractivity contribution in [3.63, 3.8) is 0 Å². The van der Waals surface area contributed by atoms with Crippen molar-refractivity contribution in [2.75, 3.05) is 31.1 Å². The molecule has 0 aromatic carbocycles. The highest BCUT2D eigenvalue weighted by Gasteiger charge is 2.38. The van der Waals surface area contributed by atoms with Crippen molar-refractivity contribution in [3.05, 3.63) is 17.1 Å². The van der Waals surface area contributed by atoms with E-state index in [2.05, 4.69) is 29.0 Å². The monoisotopic (exact) mass is 371 g/mol. The molecule has 2 amide bonds. The molecule has 146 valence electrons. The summed E-state index contributed by atoms with van der Waals surface area (Å²) in [5, 5.41) is 2.92. The Bertz CT molecular complexity index is 763. The van der Waals surface area contributed by atoms with Gasteiger partial charge in [-0.3, -0.25) is 9.59 Å². The normalized spacial score (nSPS) is 24.7. The predicted octanol–water partition coefficient (Wildman–Crippen LogP) is 1.41. The third-order valence-corrected chi connectivity index (χ3v) is 5.93. The fourth-order valence-corrected chi connectivity index (χ4v) is 4.61. The maximum Gasteiger partial charge on any atom is 0.270 e. The van der Waals surface area contributed by atoms with E-state index in [1.807, 2.05) is 4.90 Å². The summed E-state index contributed by atoms with van der Waals surface area (Å²) in [6.45, 7) is 9.05. The van der Waals surface area contributed by atoms with Gasteiger partial charge in [-0.1, -0.05) is 13.8 Å². The molecule has 5 heterocycles. The van der Waals surface area contributed by atoms with Crippen LogP contribution < -0.4 is 10.2 Å². The third-order valence-electron chi connectivity index (χ3n) is 5.93. The third kappa shape index (κ3) is 3.51. The first kappa shape index (κ1) is 18.2. The lowest BCUT2D eigenvalue weighted by Crippen LogP contribution is -2.46. The van der Waals surface area contributed by atoms with Crippen LogP contribution in [0.4, 0.5) is 5.82 Å². The van der Waals surface area contributed by atoms with Crippen LogP contribution in [0, 0.1) is 11.8 Å². The van der Waals surface area contributed by atoms with E-state index in [4.69, 9.17) is 4.98 Å². The van der Waals surface area contributed by atoms with Crippen LogP contribution in [-0.4, -0.2) is 58.9 Å². The van der Waals surface area contributed by atoms with E-state index in [-0.39, 0.29) is 17.9 Å². The Morgan fingerprint density at radius 1 is 1.22 bits per heavy atom. The first-order valence-corrected chi connectivity index (χ1v) is 10.1. The number of hydrogen-bond donors (Lipinski definition) is 1. The SMILES string of the molecule is CC(=O)N1C[C@@H]2CC[C@H](C1)N(c1nc(CC(C)C)nc3c1CCNC3=O)C2. The zero-order chi connectivity index (χ0) is 19.1. The van der Waals surface area contributed by atoms with Crippen LogP contribution in [0.2, 0.25) is 0 Å². The lowest BCUT2D eigenvalue weighted by molar-refractivity contribution is -0.129. The van der Waals surface area contributed by atoms with Crippen LogP contribution in [0.5, 0.6) is 0 Å². The number of rotatable bonds is 3. The van der Waals surface area contributed by atoms with Crippen LogP contribution in [0.3, 0.4) is 0 Å². The number of carbonyl (C=O) groups is 2. The highest BCUT2D eigenvalue weighted by Crippen LogP contribution is 2.34. The summed E-state index contributed by atoms with van der Waals surface area (Å²) in [6.07, 6.45) is 3.74. The number of hydrogen-bond acceptors (Lipinski definition) is 5. The van der Waals surface area contributed by atoms with Crippen molar-refractivity contribution in [1.82, 2.24) is 20.2 Å². The Morgan fingerprint density at radius 3 is 2.78 bits per heavy atom. The molecule has 0 spiro atoms. The smallest absolute Gasteiger partial charge is 0.270 e. The van der Waals surface area contributed by atoms with Crippen molar-refractivity contribution in [2.24, 2.45) is 11.8 Å². The molecule has 3 saturated heterocycles. The van der Waals surface area contributed by atoms with Crippen molar-refractivity contribution >= 4 is 17.6 Å². The molecule has 3 fully saturated rings. The van der Waals surface area contributed by atoms with Crippen LogP contribution in [-0.2, 0) is 17.6 Å². The van der Waals surface area contributed by atoms with Crippen molar-refractivity contribution < 1.29 is 9.59 Å². The summed E-state index contributed by atoms with van der Waals surface area (Å²) in [5.74, 6) is 2.64. The van der Waals surface area contributed by atoms with Crippen molar-refractivity contribution in [1.29, 1.82) is 0 Å². The van der Waals surface area contributed by atoms with E-state index in [1.54, 1.807) is 6.92 Å². The van der Waals surface area contributed by atoms with Gasteiger partial charge in [0, 0.05) is 51.1 Å². The van der Waals surface area contributed by atoms with Gasteiger partial charge in [0.25, 0.3) is 5.91 Å². The highest BCUT2D eigenvalue weighted by molar-refractivity contribution is 5.96. The van der Waals surface area contributed by atoms with Gasteiger partial charge in [0.2, 0.25) is 5.91 Å². The van der Waals surface area contributed by atoms with Gasteiger partial charge in [0.05, 0.1) is 0 Å². The largest absolute Gasteiger partial charge is 0.351 e. The highest BCUT2D eigenvalue weighted by atomic mass is 16.2. The van der Waals surface area contributed by atoms with Gasteiger partial charge in [-0.25, -0.2) is 9.97 Å². The molecule has 1 aromatic rings. The predicted molar refractivity (Wildman–Crippen MR) is 103 cm³/mol. The molecular weight excluding hydrogens is 342 g/mol. The van der Waals surface area contributed by atoms with E-state index in [9.17, 15) is 9.59 Å². The molecule has 1 aromatic heterocycles. The zero-order valence-corrected chi connectivity index (χ0v) is 16.5. The summed E-state index contributed by atoms with van der Waals surface area (Å²) in [4.78, 5) is 38.4. The first-order chi connectivity index (χ1) is 12.9. The minimum atomic E-state index is -0.0877. The molecule has 0 saturated carbocycles. The van der Waals surface area contributed by atoms with Crippen LogP contribution in [0.25, 0.3) is 0 Å². The number of anilines is 1. The average Bonchev–Trinajstić information content (AvgIpc) is 2.93. The topological polar surface area (TPSA) is 78.4 Å². The standard InChI is InChI=1S/C20H29N5O2/c1-12(2)8-17-22-18-16(6-7-21-20(18)27)19(23-17)25-10-14-4-5-15(25)11-24(9-14)13(3)26/h12,14-15H,4-11H2,1-3H3,(H,21,27)/t14-,15+/m0/s1. The van der Waals surface area contributed by atoms with Gasteiger partial charge in [0.15, 0.2) is 0 Å². The number of amides is 2. The molecule has 7 nitrogen and oxygen atoms in total. The quantitative estimate of drug-likeness (QED) is 0.869. The molecule has 4 aliphatic heterocycles. The molecule has 7 heteroatoms. The fourth-order valence-electron chi connectivity index (χ4n) is 4.61. The lowest BCUT2D eigenvalue weighted by Gasteiger charge is -2.38. The van der Waals surface area contributed by atoms with Crippen LogP contribution in [0.15, 0.2) is 0 Å². The van der Waals surface area contributed by atoms with Gasteiger partial charge in [0.1, 0.15) is 17.3 Å². The summed E-state index contributed by atoms with van der Waals surface area (Å²) in [6, 6.07) is 0.267. The maximum absolute atomic E-state index is 12.5. The number of nitrogens with one attached hydrogen (secondary N) is 1. The lowest BCUT2D eigenvalue weighted by atomic mass is 9.93. The Balaban J connectivity index is 1.75. The second kappa shape index (κ2) is 7.09. The number of nitrogens with zero attached hydrogens (tertiary/aromatic N) is 4. The fraction of sp³-hybridized carbons (Fsp3) is 0.700. The van der Waals surface area contributed by atoms with Gasteiger partial charge >= 0.3 is 0 Å². The molecule has 0 unspecified atom stereocenters. The molecule has 0 radical (unpaired) electrons. The maximum atomic E-state index is 12.5. The number of carbonyl (C=O) groups excluding carboxylic acids is 2. The minimum Gasteiger partial charge on any atom is -0.351 e. The summed E-state index contributed by atoms with van der Waals surface area (Å²) in [7, 11) is 0. The molecule has 5 rings (SSSR count). The molecular formula is C20H29N5O2. The van der Waals surface area contributed by atoms with Gasteiger partial charge in [-0.05, 0) is 31.1 Å². The summed E-state index contributed by atoms with van der Waals surface area (Å²) < 4.78 is 0. The van der Waals surface area contributed by atoms with Crippen LogP contribution >= 0.6 is 0 Å². The van der Waals surface area contributed by atoms with Crippen molar-refractivity contribution in [3.8, 4) is 0 Å². The van der Waals surface area contributed by atoms with Gasteiger partial charge < -0.3 is 15.1 Å². The van der Waals surface area contributed by atoms with Crippen molar-refractivity contribution in [2.45, 2.75) is 52.5 Å². The van der Waals surface area contributed by atoms with E-state index in [1.165, 1.54) is 0 Å². The Labute approximate surface area is 160 Å². The minimum absolute atomic E-state index is 0.0877. The molecule has 1 N–H and O–H groups in total. The van der Waals surface area contributed by atoms with E-state index >= 15 is 0 Å². The molecule has 2 bridgehead atoms. The molecule has 4 aliphatic rings. The van der Waals surface area contributed by atoms with Crippen LogP contribution in [0.1, 0.15) is 55.5 Å². The second-order valence-electron chi connectivity index (χ2n) is 8.57. The zero-order valence-electron chi connectivity index (χ0n) is 16.5. The van der Waals surface area contributed by atoms with Gasteiger partial charge in [-0.2, -0.15) is 0 Å². The first-order valence-electron chi connectivity index (χ1n) is 10.1. The summed E-state index contributed by atoms with van der Waals surface area (Å²) in [5.41, 5.74) is 1.53. The van der Waals surface area contributed by atoms with E-state index < -0.39 is 0 Å². The van der Waals surface area contributed by atoms with Gasteiger partial charge in [-0.15, -0.1) is 0 Å².